The third-order valence-electron chi connectivity index (χ3n) is 3.88. The molecular formula is C18H16N2O2S. The number of benzene rings is 2. The summed E-state index contributed by atoms with van der Waals surface area (Å²) in [6.45, 7) is 0.736. The Labute approximate surface area is 139 Å². The number of ether oxygens (including phenoxy) is 1. The SMILES string of the molecule is N#CSCCNC(=O)OCC1c2ccccc2-c2ccccc21. The third kappa shape index (κ3) is 3.33. The topological polar surface area (TPSA) is 62.1 Å². The van der Waals surface area contributed by atoms with E-state index < -0.39 is 6.09 Å². The Bertz CT molecular complexity index is 709. The van der Waals surface area contributed by atoms with Gasteiger partial charge >= 0.3 is 6.09 Å². The fourth-order valence-electron chi connectivity index (χ4n) is 2.90. The molecule has 2 aromatic carbocycles. The third-order valence-corrected chi connectivity index (χ3v) is 4.42. The number of rotatable bonds is 5. The number of nitrogens with one attached hydrogen (secondary N) is 1. The highest BCUT2D eigenvalue weighted by molar-refractivity contribution is 8.03. The van der Waals surface area contributed by atoms with Gasteiger partial charge in [-0.3, -0.25) is 0 Å². The van der Waals surface area contributed by atoms with E-state index in [1.807, 2.05) is 29.7 Å². The predicted molar refractivity (Wildman–Crippen MR) is 91.1 cm³/mol. The maximum absolute atomic E-state index is 11.8. The molecular weight excluding hydrogens is 308 g/mol. The standard InChI is InChI=1S/C18H16N2O2S/c19-12-23-10-9-20-18(21)22-11-17-15-7-3-1-5-13(15)14-6-2-4-8-16(14)17/h1-8,17H,9-11H2,(H,20,21). The maximum atomic E-state index is 11.8. The molecule has 0 fully saturated rings. The van der Waals surface area contributed by atoms with Crippen LogP contribution >= 0.6 is 11.8 Å². The number of nitriles is 1. The molecule has 1 amide bonds. The summed E-state index contributed by atoms with van der Waals surface area (Å²) >= 11 is 1.11. The number of nitrogens with zero attached hydrogens (tertiary/aromatic N) is 1. The van der Waals surface area contributed by atoms with E-state index in [1.54, 1.807) is 0 Å². The van der Waals surface area contributed by atoms with Crippen LogP contribution in [0.1, 0.15) is 17.0 Å². The second-order valence-corrected chi connectivity index (χ2v) is 6.07. The highest BCUT2D eigenvalue weighted by Gasteiger charge is 2.28. The Kier molecular flexibility index (Phi) is 4.84. The van der Waals surface area contributed by atoms with Gasteiger partial charge in [-0.1, -0.05) is 48.5 Å². The minimum absolute atomic E-state index is 0.0710. The van der Waals surface area contributed by atoms with Crippen LogP contribution in [0.3, 0.4) is 0 Å². The Morgan fingerprint density at radius 3 is 2.35 bits per heavy atom. The molecule has 116 valence electrons. The van der Waals surface area contributed by atoms with Crippen molar-refractivity contribution >= 4 is 17.9 Å². The molecule has 0 radical (unpaired) electrons. The number of carbonyl (C=O) groups is 1. The zero-order chi connectivity index (χ0) is 16.1. The van der Waals surface area contributed by atoms with Gasteiger partial charge in [-0.25, -0.2) is 4.79 Å². The van der Waals surface area contributed by atoms with Crippen molar-refractivity contribution in [1.29, 1.82) is 5.26 Å². The zero-order valence-electron chi connectivity index (χ0n) is 12.5. The molecule has 0 aliphatic heterocycles. The van der Waals surface area contributed by atoms with Crippen molar-refractivity contribution in [3.05, 3.63) is 59.7 Å². The number of thiocyanates is 1. The van der Waals surface area contributed by atoms with Gasteiger partial charge in [0, 0.05) is 18.2 Å². The number of alkyl carbamates (subject to hydrolysis) is 1. The van der Waals surface area contributed by atoms with E-state index in [9.17, 15) is 4.79 Å². The second kappa shape index (κ2) is 7.21. The van der Waals surface area contributed by atoms with E-state index in [2.05, 4.69) is 29.6 Å². The molecule has 0 atom stereocenters. The van der Waals surface area contributed by atoms with Crippen molar-refractivity contribution < 1.29 is 9.53 Å². The van der Waals surface area contributed by atoms with Crippen molar-refractivity contribution in [2.24, 2.45) is 0 Å². The number of hydrogen-bond acceptors (Lipinski definition) is 4. The summed E-state index contributed by atoms with van der Waals surface area (Å²) in [5.74, 6) is 0.627. The van der Waals surface area contributed by atoms with Gasteiger partial charge < -0.3 is 10.1 Å². The molecule has 0 unspecified atom stereocenters. The minimum Gasteiger partial charge on any atom is -0.449 e. The largest absolute Gasteiger partial charge is 0.449 e. The van der Waals surface area contributed by atoms with Crippen LogP contribution in [0.4, 0.5) is 4.79 Å². The van der Waals surface area contributed by atoms with Crippen LogP contribution in [-0.2, 0) is 4.74 Å². The predicted octanol–water partition coefficient (Wildman–Crippen LogP) is 3.74. The average Bonchev–Trinajstić information content (AvgIpc) is 2.91. The first-order valence-electron chi connectivity index (χ1n) is 7.41. The van der Waals surface area contributed by atoms with Crippen molar-refractivity contribution in [1.82, 2.24) is 5.32 Å². The summed E-state index contributed by atoms with van der Waals surface area (Å²) in [4.78, 5) is 11.8. The molecule has 0 heterocycles. The van der Waals surface area contributed by atoms with E-state index in [0.29, 0.717) is 18.9 Å². The number of thioether (sulfide) groups is 1. The lowest BCUT2D eigenvalue weighted by atomic mass is 9.98. The van der Waals surface area contributed by atoms with Gasteiger partial charge in [0.2, 0.25) is 0 Å². The van der Waals surface area contributed by atoms with Crippen molar-refractivity contribution in [2.45, 2.75) is 5.92 Å². The molecule has 1 aliphatic carbocycles. The molecule has 4 nitrogen and oxygen atoms in total. The highest BCUT2D eigenvalue weighted by Crippen LogP contribution is 2.44. The lowest BCUT2D eigenvalue weighted by Gasteiger charge is -2.14. The maximum Gasteiger partial charge on any atom is 0.407 e. The van der Waals surface area contributed by atoms with Crippen LogP contribution in [0.25, 0.3) is 11.1 Å². The molecule has 1 aliphatic rings. The first-order valence-corrected chi connectivity index (χ1v) is 8.39. The van der Waals surface area contributed by atoms with E-state index in [-0.39, 0.29) is 5.92 Å². The number of carbonyl (C=O) groups excluding carboxylic acids is 1. The molecule has 2 aromatic rings. The summed E-state index contributed by atoms with van der Waals surface area (Å²) in [6, 6.07) is 16.5. The van der Waals surface area contributed by atoms with Gasteiger partial charge in [0.25, 0.3) is 0 Å². The first-order chi connectivity index (χ1) is 11.3. The number of hydrogen-bond donors (Lipinski definition) is 1. The molecule has 0 saturated heterocycles. The van der Waals surface area contributed by atoms with Crippen molar-refractivity contribution in [3.8, 4) is 16.5 Å². The molecule has 1 N–H and O–H groups in total. The Hall–Kier alpha value is -2.45. The molecule has 0 saturated carbocycles. The molecule has 23 heavy (non-hydrogen) atoms. The van der Waals surface area contributed by atoms with Crippen LogP contribution in [0.15, 0.2) is 48.5 Å². The van der Waals surface area contributed by atoms with Gasteiger partial charge in [0.05, 0.1) is 0 Å². The van der Waals surface area contributed by atoms with E-state index in [1.165, 1.54) is 22.3 Å². The van der Waals surface area contributed by atoms with Crippen LogP contribution in [-0.4, -0.2) is 25.0 Å². The van der Waals surface area contributed by atoms with Gasteiger partial charge in [0.1, 0.15) is 12.0 Å². The molecule has 0 bridgehead atoms. The summed E-state index contributed by atoms with van der Waals surface area (Å²) in [5.41, 5.74) is 4.81. The first kappa shape index (κ1) is 15.4. The Morgan fingerprint density at radius 1 is 1.13 bits per heavy atom. The second-order valence-electron chi connectivity index (χ2n) is 5.19. The monoisotopic (exact) mass is 324 g/mol. The van der Waals surface area contributed by atoms with E-state index in [0.717, 1.165) is 11.8 Å². The van der Waals surface area contributed by atoms with E-state index >= 15 is 0 Å². The molecule has 0 spiro atoms. The molecule has 0 aromatic heterocycles. The quantitative estimate of drug-likeness (QED) is 0.672. The number of fused-ring (bicyclic) bond motifs is 3. The highest BCUT2D eigenvalue weighted by atomic mass is 32.2. The normalized spacial score (nSPS) is 12.1. The van der Waals surface area contributed by atoms with Crippen molar-refractivity contribution in [2.75, 3.05) is 18.9 Å². The van der Waals surface area contributed by atoms with Gasteiger partial charge in [-0.15, -0.1) is 0 Å². The fraction of sp³-hybridized carbons (Fsp3) is 0.222. The Morgan fingerprint density at radius 2 is 1.74 bits per heavy atom. The fourth-order valence-corrected chi connectivity index (χ4v) is 3.19. The van der Waals surface area contributed by atoms with Gasteiger partial charge in [-0.2, -0.15) is 5.26 Å². The summed E-state index contributed by atoms with van der Waals surface area (Å²) in [6.07, 6.45) is -0.439. The minimum atomic E-state index is -0.439. The summed E-state index contributed by atoms with van der Waals surface area (Å²) in [7, 11) is 0. The smallest absolute Gasteiger partial charge is 0.407 e. The van der Waals surface area contributed by atoms with Gasteiger partial charge in [0.15, 0.2) is 0 Å². The average molecular weight is 324 g/mol. The number of amides is 1. The lowest BCUT2D eigenvalue weighted by molar-refractivity contribution is 0.143. The molecule has 5 heteroatoms. The van der Waals surface area contributed by atoms with E-state index in [4.69, 9.17) is 10.00 Å². The summed E-state index contributed by atoms with van der Waals surface area (Å²) < 4.78 is 5.38. The zero-order valence-corrected chi connectivity index (χ0v) is 13.3. The van der Waals surface area contributed by atoms with Crippen LogP contribution in [0.5, 0.6) is 0 Å². The van der Waals surface area contributed by atoms with Crippen LogP contribution in [0, 0.1) is 10.7 Å². The van der Waals surface area contributed by atoms with Crippen molar-refractivity contribution in [3.63, 3.8) is 0 Å². The lowest BCUT2D eigenvalue weighted by Crippen LogP contribution is -2.27. The Balaban J connectivity index is 1.67. The van der Waals surface area contributed by atoms with Gasteiger partial charge in [-0.05, 0) is 34.0 Å². The van der Waals surface area contributed by atoms with Crippen LogP contribution in [0.2, 0.25) is 0 Å². The summed E-state index contributed by atoms with van der Waals surface area (Å²) in [5, 5.41) is 13.1. The van der Waals surface area contributed by atoms with Crippen LogP contribution < -0.4 is 5.32 Å². The molecule has 3 rings (SSSR count).